The molecule has 0 N–H and O–H groups in total. The van der Waals surface area contributed by atoms with E-state index in [-0.39, 0.29) is 24.0 Å². The Labute approximate surface area is 150 Å². The van der Waals surface area contributed by atoms with Gasteiger partial charge in [0, 0.05) is 43.7 Å². The summed E-state index contributed by atoms with van der Waals surface area (Å²) in [5.74, 6) is 0.707. The molecule has 1 aromatic rings. The zero-order valence-corrected chi connectivity index (χ0v) is 16.1. The Hall–Kier alpha value is -1.79. The molecular weight excluding hydrogens is 318 g/mol. The number of ether oxygens (including phenoxy) is 2. The quantitative estimate of drug-likeness (QED) is 0.583. The van der Waals surface area contributed by atoms with Crippen molar-refractivity contribution in [2.24, 2.45) is 0 Å². The highest BCUT2D eigenvalue weighted by Crippen LogP contribution is 2.35. The van der Waals surface area contributed by atoms with Crippen LogP contribution >= 0.6 is 0 Å². The molecule has 1 heterocycles. The molecule has 2 rings (SSSR count). The summed E-state index contributed by atoms with van der Waals surface area (Å²) in [6.07, 6.45) is 4.96. The van der Waals surface area contributed by atoms with Crippen LogP contribution in [0, 0.1) is 6.92 Å². The summed E-state index contributed by atoms with van der Waals surface area (Å²) in [5, 5.41) is 0. The maximum absolute atomic E-state index is 11.7. The van der Waals surface area contributed by atoms with Gasteiger partial charge in [0.2, 0.25) is 11.9 Å². The minimum Gasteiger partial charge on any atom is -0.353 e. The van der Waals surface area contributed by atoms with Crippen molar-refractivity contribution in [2.45, 2.75) is 59.2 Å². The van der Waals surface area contributed by atoms with Crippen molar-refractivity contribution in [1.82, 2.24) is 9.97 Å². The number of hydrogen-bond acceptors (Lipinski definition) is 5. The minimum atomic E-state index is -0.250. The molecule has 0 aliphatic heterocycles. The van der Waals surface area contributed by atoms with E-state index in [9.17, 15) is 4.79 Å². The van der Waals surface area contributed by atoms with Crippen LogP contribution in [0.1, 0.15) is 62.9 Å². The zero-order chi connectivity index (χ0) is 18.6. The third-order valence-corrected chi connectivity index (χ3v) is 4.55. The van der Waals surface area contributed by atoms with Crippen molar-refractivity contribution < 1.29 is 14.3 Å². The number of rotatable bonds is 6. The van der Waals surface area contributed by atoms with Crippen molar-refractivity contribution in [3.63, 3.8) is 0 Å². The van der Waals surface area contributed by atoms with Crippen molar-refractivity contribution in [3.8, 4) is 0 Å². The van der Waals surface area contributed by atoms with E-state index < -0.39 is 0 Å². The van der Waals surface area contributed by atoms with Gasteiger partial charge in [-0.2, -0.15) is 0 Å². The fourth-order valence-corrected chi connectivity index (χ4v) is 3.09. The monoisotopic (exact) mass is 347 g/mol. The van der Waals surface area contributed by atoms with Gasteiger partial charge in [0.15, 0.2) is 6.29 Å². The van der Waals surface area contributed by atoms with Crippen LogP contribution in [-0.2, 0) is 14.3 Å². The molecule has 0 saturated carbocycles. The minimum absolute atomic E-state index is 0.0862. The third-order valence-electron chi connectivity index (χ3n) is 4.55. The fraction of sp³-hybridized carbons (Fsp3) is 0.632. The zero-order valence-electron chi connectivity index (χ0n) is 16.1. The van der Waals surface area contributed by atoms with E-state index in [4.69, 9.17) is 14.5 Å². The Bertz CT molecular complexity index is 645. The van der Waals surface area contributed by atoms with Crippen molar-refractivity contribution >= 4 is 11.9 Å². The number of hydrogen-bond donors (Lipinski definition) is 0. The fourth-order valence-electron chi connectivity index (χ4n) is 3.09. The lowest BCUT2D eigenvalue weighted by Crippen LogP contribution is -2.27. The lowest BCUT2D eigenvalue weighted by Gasteiger charge is -2.24. The Morgan fingerprint density at radius 1 is 1.40 bits per heavy atom. The van der Waals surface area contributed by atoms with Crippen molar-refractivity contribution in [1.29, 1.82) is 0 Å². The summed E-state index contributed by atoms with van der Waals surface area (Å²) in [6, 6.07) is 0. The number of amides is 1. The van der Waals surface area contributed by atoms with E-state index in [0.717, 1.165) is 23.4 Å². The van der Waals surface area contributed by atoms with E-state index in [1.54, 1.807) is 7.05 Å². The van der Waals surface area contributed by atoms with Crippen LogP contribution in [0.25, 0.3) is 0 Å². The van der Waals surface area contributed by atoms with Crippen molar-refractivity contribution in [3.05, 3.63) is 29.1 Å². The van der Waals surface area contributed by atoms with Crippen LogP contribution < -0.4 is 4.90 Å². The first-order valence-electron chi connectivity index (χ1n) is 8.87. The molecule has 0 bridgehead atoms. The number of carbonyl (C=O) groups is 1. The number of nitrogens with zero attached hydrogens (tertiary/aromatic N) is 3. The molecule has 6 heteroatoms. The summed E-state index contributed by atoms with van der Waals surface area (Å²) in [5.41, 5.74) is 3.01. The molecule has 0 fully saturated rings. The predicted molar refractivity (Wildman–Crippen MR) is 97.8 cm³/mol. The molecule has 3 atom stereocenters. The van der Waals surface area contributed by atoms with Crippen LogP contribution in [0.5, 0.6) is 0 Å². The van der Waals surface area contributed by atoms with E-state index in [0.29, 0.717) is 19.2 Å². The van der Waals surface area contributed by atoms with Crippen molar-refractivity contribution in [2.75, 3.05) is 25.2 Å². The van der Waals surface area contributed by atoms with E-state index >= 15 is 0 Å². The summed E-state index contributed by atoms with van der Waals surface area (Å²) < 4.78 is 11.3. The van der Waals surface area contributed by atoms with Gasteiger partial charge < -0.3 is 9.47 Å². The molecule has 138 valence electrons. The highest BCUT2D eigenvalue weighted by atomic mass is 16.7. The lowest BCUT2D eigenvalue weighted by molar-refractivity contribution is -0.130. The van der Waals surface area contributed by atoms with Crippen LogP contribution in [0.3, 0.4) is 0 Å². The standard InChI is InChI=1S/C19H29N3O3/c1-7-24-15(5)25-11-16-10-8-9-12(2)17-13(3)20-19(21-18(16)17)22(6)14(4)23/h8-9,12,15-16H,7,10-11H2,1-6H3. The third kappa shape index (κ3) is 4.64. The number of carbonyl (C=O) groups excluding carboxylic acids is 1. The Morgan fingerprint density at radius 3 is 2.76 bits per heavy atom. The van der Waals surface area contributed by atoms with Crippen LogP contribution in [0.2, 0.25) is 0 Å². The molecule has 3 unspecified atom stereocenters. The summed E-state index contributed by atoms with van der Waals surface area (Å²) in [4.78, 5) is 22.5. The van der Waals surface area contributed by atoms with Gasteiger partial charge in [0.1, 0.15) is 0 Å². The van der Waals surface area contributed by atoms with Gasteiger partial charge in [-0.25, -0.2) is 9.97 Å². The topological polar surface area (TPSA) is 64.6 Å². The largest absolute Gasteiger partial charge is 0.353 e. The van der Waals surface area contributed by atoms with E-state index in [1.165, 1.54) is 11.8 Å². The van der Waals surface area contributed by atoms with Crippen LogP contribution in [0.4, 0.5) is 5.95 Å². The highest BCUT2D eigenvalue weighted by Gasteiger charge is 2.26. The Kier molecular flexibility index (Phi) is 6.67. The number of anilines is 1. The molecule has 1 aromatic heterocycles. The lowest BCUT2D eigenvalue weighted by atomic mass is 9.93. The van der Waals surface area contributed by atoms with E-state index in [1.807, 2.05) is 20.8 Å². The van der Waals surface area contributed by atoms with Crippen LogP contribution in [-0.4, -0.2) is 42.4 Å². The Balaban J connectivity index is 2.37. The second-order valence-electron chi connectivity index (χ2n) is 6.49. The number of fused-ring (bicyclic) bond motifs is 1. The second-order valence-corrected chi connectivity index (χ2v) is 6.49. The summed E-state index contributed by atoms with van der Waals surface area (Å²) in [7, 11) is 1.70. The van der Waals surface area contributed by atoms with Gasteiger partial charge in [-0.3, -0.25) is 9.69 Å². The van der Waals surface area contributed by atoms with Gasteiger partial charge in [-0.1, -0.05) is 19.1 Å². The molecule has 6 nitrogen and oxygen atoms in total. The highest BCUT2D eigenvalue weighted by molar-refractivity contribution is 5.88. The molecule has 0 saturated heterocycles. The normalized spacial score (nSPS) is 20.7. The maximum atomic E-state index is 11.7. The summed E-state index contributed by atoms with van der Waals surface area (Å²) in [6.45, 7) is 10.6. The Morgan fingerprint density at radius 2 is 2.12 bits per heavy atom. The molecule has 0 radical (unpaired) electrons. The van der Waals surface area contributed by atoms with Crippen LogP contribution in [0.15, 0.2) is 12.2 Å². The molecular formula is C19H29N3O3. The summed E-state index contributed by atoms with van der Waals surface area (Å²) >= 11 is 0. The van der Waals surface area contributed by atoms with Gasteiger partial charge in [0.05, 0.1) is 12.3 Å². The van der Waals surface area contributed by atoms with E-state index in [2.05, 4.69) is 24.1 Å². The number of allylic oxidation sites excluding steroid dienone is 2. The molecule has 25 heavy (non-hydrogen) atoms. The first kappa shape index (κ1) is 19.5. The van der Waals surface area contributed by atoms with Gasteiger partial charge >= 0.3 is 0 Å². The average Bonchev–Trinajstić information content (AvgIpc) is 2.71. The van der Waals surface area contributed by atoms with Gasteiger partial charge in [0.25, 0.3) is 0 Å². The first-order valence-corrected chi connectivity index (χ1v) is 8.87. The molecule has 0 spiro atoms. The number of aryl methyl sites for hydroxylation is 1. The molecule has 1 aliphatic rings. The number of aromatic nitrogens is 2. The molecule has 0 aromatic carbocycles. The SMILES string of the molecule is CCOC(C)OCC1CC=CC(C)c2c(C)nc(N(C)C(C)=O)nc21. The molecule has 1 aliphatic carbocycles. The first-order chi connectivity index (χ1) is 11.8. The second kappa shape index (κ2) is 8.54. The average molecular weight is 347 g/mol. The predicted octanol–water partition coefficient (Wildman–Crippen LogP) is 3.31. The maximum Gasteiger partial charge on any atom is 0.232 e. The smallest absolute Gasteiger partial charge is 0.232 e. The van der Waals surface area contributed by atoms with Gasteiger partial charge in [-0.05, 0) is 27.2 Å². The van der Waals surface area contributed by atoms with Gasteiger partial charge in [-0.15, -0.1) is 0 Å². The molecule has 1 amide bonds.